The van der Waals surface area contributed by atoms with Crippen LogP contribution in [0.3, 0.4) is 0 Å². The second kappa shape index (κ2) is 9.57. The molecule has 0 amide bonds. The van der Waals surface area contributed by atoms with E-state index in [1.54, 1.807) is 18.3 Å². The molecule has 3 aromatic heterocycles. The van der Waals surface area contributed by atoms with E-state index in [-0.39, 0.29) is 5.88 Å². The minimum Gasteiger partial charge on any atom is -0.480 e. The molecule has 0 radical (unpaired) electrons. The van der Waals surface area contributed by atoms with E-state index >= 15 is 0 Å². The highest BCUT2D eigenvalue weighted by molar-refractivity contribution is 6.39. The number of hydrogen-bond acceptors (Lipinski definition) is 5. The summed E-state index contributed by atoms with van der Waals surface area (Å²) in [5, 5.41) is 1.74. The Labute approximate surface area is 217 Å². The van der Waals surface area contributed by atoms with Crippen molar-refractivity contribution in [2.45, 2.75) is 0 Å². The van der Waals surface area contributed by atoms with Gasteiger partial charge in [0.1, 0.15) is 5.65 Å². The second-order valence-corrected chi connectivity index (χ2v) is 8.88. The molecule has 0 unspecified atom stereocenters. The number of ether oxygens (including phenoxy) is 1. The third kappa shape index (κ3) is 3.94. The molecule has 6 nitrogen and oxygen atoms in total. The highest BCUT2D eigenvalue weighted by Gasteiger charge is 2.18. The first-order valence-corrected chi connectivity index (χ1v) is 11.7. The van der Waals surface area contributed by atoms with Crippen molar-refractivity contribution in [1.29, 1.82) is 0 Å². The van der Waals surface area contributed by atoms with Gasteiger partial charge in [-0.3, -0.25) is 9.59 Å². The van der Waals surface area contributed by atoms with Crippen molar-refractivity contribution in [3.05, 3.63) is 88.0 Å². The molecule has 2 aromatic carbocycles. The Balaban J connectivity index is 1.62. The van der Waals surface area contributed by atoms with Gasteiger partial charge >= 0.3 is 0 Å². The fourth-order valence-corrected chi connectivity index (χ4v) is 4.91. The van der Waals surface area contributed by atoms with Crippen LogP contribution in [0.2, 0.25) is 10.0 Å². The molecule has 0 bridgehead atoms. The van der Waals surface area contributed by atoms with E-state index in [0.29, 0.717) is 50.1 Å². The summed E-state index contributed by atoms with van der Waals surface area (Å²) in [4.78, 5) is 31.8. The highest BCUT2D eigenvalue weighted by Crippen LogP contribution is 2.42. The molecular formula is C28H19Cl2N3O3. The van der Waals surface area contributed by atoms with Gasteiger partial charge in [-0.25, -0.2) is 9.97 Å². The third-order valence-corrected chi connectivity index (χ3v) is 6.84. The molecule has 0 aliphatic heterocycles. The van der Waals surface area contributed by atoms with Gasteiger partial charge < -0.3 is 9.30 Å². The lowest BCUT2D eigenvalue weighted by Gasteiger charge is -2.14. The summed E-state index contributed by atoms with van der Waals surface area (Å²) in [6.07, 6.45) is 3.27. The number of carbonyl (C=O) groups excluding carboxylic acids is 2. The van der Waals surface area contributed by atoms with E-state index in [2.05, 4.69) is 4.98 Å². The molecule has 0 fully saturated rings. The monoisotopic (exact) mass is 515 g/mol. The van der Waals surface area contributed by atoms with E-state index in [1.165, 1.54) is 7.11 Å². The number of aryl methyl sites for hydroxylation is 1. The van der Waals surface area contributed by atoms with E-state index in [0.717, 1.165) is 28.4 Å². The first kappa shape index (κ1) is 23.7. The van der Waals surface area contributed by atoms with Crippen LogP contribution in [0.5, 0.6) is 5.88 Å². The number of aromatic nitrogens is 3. The van der Waals surface area contributed by atoms with E-state index in [1.807, 2.05) is 60.1 Å². The lowest BCUT2D eigenvalue weighted by molar-refractivity contribution is 0.111. The van der Waals surface area contributed by atoms with Crippen LogP contribution in [0.15, 0.2) is 66.9 Å². The van der Waals surface area contributed by atoms with Gasteiger partial charge in [-0.05, 0) is 24.3 Å². The predicted molar refractivity (Wildman–Crippen MR) is 142 cm³/mol. The molecule has 5 rings (SSSR count). The van der Waals surface area contributed by atoms with Gasteiger partial charge in [-0.15, -0.1) is 0 Å². The van der Waals surface area contributed by atoms with Gasteiger partial charge in [0.05, 0.1) is 34.1 Å². The first-order valence-electron chi connectivity index (χ1n) is 11.0. The van der Waals surface area contributed by atoms with Crippen LogP contribution in [0.4, 0.5) is 0 Å². The van der Waals surface area contributed by atoms with Crippen LogP contribution in [0, 0.1) is 0 Å². The van der Waals surface area contributed by atoms with Gasteiger partial charge in [0.15, 0.2) is 12.6 Å². The standard InChI is InChI=1S/C28H19Cl2N3O3/c1-33-13-17(15-35)18-10-12-23(31-27(18)33)21-7-3-5-19(25(21)29)20-6-4-8-22(26(20)30)24-11-9-16(14-34)28(32-24)36-2/h3-15H,1-2H3. The zero-order valence-electron chi connectivity index (χ0n) is 19.3. The zero-order valence-corrected chi connectivity index (χ0v) is 20.8. The van der Waals surface area contributed by atoms with Gasteiger partial charge in [0.2, 0.25) is 5.88 Å². The summed E-state index contributed by atoms with van der Waals surface area (Å²) in [6.45, 7) is 0. The molecule has 0 atom stereocenters. The van der Waals surface area contributed by atoms with Crippen LogP contribution in [0.1, 0.15) is 20.7 Å². The Kier molecular flexibility index (Phi) is 6.31. The van der Waals surface area contributed by atoms with Crippen molar-refractivity contribution < 1.29 is 14.3 Å². The summed E-state index contributed by atoms with van der Waals surface area (Å²) in [5.41, 5.74) is 5.75. The molecule has 3 heterocycles. The summed E-state index contributed by atoms with van der Waals surface area (Å²) >= 11 is 13.8. The van der Waals surface area contributed by atoms with Crippen molar-refractivity contribution >= 4 is 46.8 Å². The molecule has 8 heteroatoms. The maximum atomic E-state index is 11.4. The highest BCUT2D eigenvalue weighted by atomic mass is 35.5. The first-order chi connectivity index (χ1) is 17.5. The summed E-state index contributed by atoms with van der Waals surface area (Å²) < 4.78 is 7.07. The van der Waals surface area contributed by atoms with Gasteiger partial charge in [0.25, 0.3) is 0 Å². The Bertz CT molecular complexity index is 1660. The molecule has 0 saturated carbocycles. The molecule has 0 saturated heterocycles. The number of methoxy groups -OCH3 is 1. The molecule has 0 aliphatic carbocycles. The lowest BCUT2D eigenvalue weighted by Crippen LogP contribution is -1.96. The van der Waals surface area contributed by atoms with Gasteiger partial charge in [-0.2, -0.15) is 0 Å². The summed E-state index contributed by atoms with van der Waals surface area (Å²) in [5.74, 6) is 0.226. The maximum Gasteiger partial charge on any atom is 0.224 e. The van der Waals surface area contributed by atoms with Crippen LogP contribution in [-0.4, -0.2) is 34.2 Å². The fourth-order valence-electron chi connectivity index (χ4n) is 4.26. The zero-order chi connectivity index (χ0) is 25.4. The molecule has 178 valence electrons. The Morgan fingerprint density at radius 1 is 0.750 bits per heavy atom. The number of carbonyl (C=O) groups is 2. The maximum absolute atomic E-state index is 11.4. The second-order valence-electron chi connectivity index (χ2n) is 8.13. The molecule has 36 heavy (non-hydrogen) atoms. The lowest BCUT2D eigenvalue weighted by atomic mass is 9.98. The van der Waals surface area contributed by atoms with E-state index in [4.69, 9.17) is 32.9 Å². The predicted octanol–water partition coefficient (Wildman–Crippen LogP) is 6.91. The number of halogens is 2. The van der Waals surface area contributed by atoms with Gasteiger partial charge in [-0.1, -0.05) is 59.6 Å². The number of benzene rings is 2. The van der Waals surface area contributed by atoms with Crippen molar-refractivity contribution in [1.82, 2.24) is 14.5 Å². The number of pyridine rings is 2. The summed E-state index contributed by atoms with van der Waals surface area (Å²) in [6, 6.07) is 18.4. The molecule has 0 aliphatic rings. The Morgan fingerprint density at radius 2 is 1.31 bits per heavy atom. The van der Waals surface area contributed by atoms with E-state index < -0.39 is 0 Å². The van der Waals surface area contributed by atoms with Crippen molar-refractivity contribution in [2.75, 3.05) is 7.11 Å². The largest absolute Gasteiger partial charge is 0.480 e. The number of nitrogens with zero attached hydrogens (tertiary/aromatic N) is 3. The van der Waals surface area contributed by atoms with Crippen LogP contribution in [-0.2, 0) is 7.05 Å². The van der Waals surface area contributed by atoms with Gasteiger partial charge in [0, 0.05) is 46.4 Å². The van der Waals surface area contributed by atoms with Crippen LogP contribution in [0.25, 0.3) is 44.7 Å². The average molecular weight is 516 g/mol. The number of hydrogen-bond donors (Lipinski definition) is 0. The Hall–Kier alpha value is -4.00. The van der Waals surface area contributed by atoms with Crippen molar-refractivity contribution in [3.63, 3.8) is 0 Å². The number of rotatable bonds is 6. The minimum absolute atomic E-state index is 0.226. The third-order valence-electron chi connectivity index (χ3n) is 6.03. The topological polar surface area (TPSA) is 74.1 Å². The SMILES string of the molecule is COc1nc(-c2cccc(-c3cccc(-c4ccc5c(C=O)cn(C)c5n4)c3Cl)c2Cl)ccc1C=O. The smallest absolute Gasteiger partial charge is 0.224 e. The fraction of sp³-hybridized carbons (Fsp3) is 0.0714. The molecule has 0 N–H and O–H groups in total. The molecule has 5 aromatic rings. The average Bonchev–Trinajstić information content (AvgIpc) is 3.23. The normalized spacial score (nSPS) is 11.0. The van der Waals surface area contributed by atoms with Crippen LogP contribution >= 0.6 is 23.2 Å². The molecular weight excluding hydrogens is 497 g/mol. The number of fused-ring (bicyclic) bond motifs is 1. The quantitative estimate of drug-likeness (QED) is 0.229. The molecule has 0 spiro atoms. The summed E-state index contributed by atoms with van der Waals surface area (Å²) in [7, 11) is 3.31. The van der Waals surface area contributed by atoms with Crippen molar-refractivity contribution in [3.8, 4) is 39.5 Å². The van der Waals surface area contributed by atoms with Crippen molar-refractivity contribution in [2.24, 2.45) is 7.05 Å². The van der Waals surface area contributed by atoms with E-state index in [9.17, 15) is 9.59 Å². The minimum atomic E-state index is 0.226. The Morgan fingerprint density at radius 3 is 1.89 bits per heavy atom. The van der Waals surface area contributed by atoms with Crippen LogP contribution < -0.4 is 4.74 Å². The number of aldehydes is 2.